The van der Waals surface area contributed by atoms with E-state index in [0.717, 1.165) is 56.6 Å². The molecule has 3 rings (SSSR count). The van der Waals surface area contributed by atoms with Gasteiger partial charge in [-0.05, 0) is 24.6 Å². The standard InChI is InChI=1S/C21H33N7O3/c1-6-22-21(23-13-19-25-24-15-26(19)2)28-9-7-27(8-10-28)14-16-11-17(29-3)20(31-5)18(12-16)30-4/h11-12,15H,6-10,13-14H2,1-5H3,(H,22,23). The van der Waals surface area contributed by atoms with Crippen LogP contribution in [0.2, 0.25) is 0 Å². The number of hydrogen-bond acceptors (Lipinski definition) is 7. The minimum atomic E-state index is 0.504. The van der Waals surface area contributed by atoms with Crippen LogP contribution in [0.15, 0.2) is 23.5 Å². The van der Waals surface area contributed by atoms with Crippen molar-refractivity contribution in [3.8, 4) is 17.2 Å². The molecule has 0 unspecified atom stereocenters. The molecular weight excluding hydrogens is 398 g/mol. The van der Waals surface area contributed by atoms with Gasteiger partial charge in [0.2, 0.25) is 5.75 Å². The van der Waals surface area contributed by atoms with Crippen LogP contribution in [-0.2, 0) is 20.1 Å². The van der Waals surface area contributed by atoms with Gasteiger partial charge in [-0.25, -0.2) is 4.99 Å². The van der Waals surface area contributed by atoms with E-state index in [1.807, 2.05) is 23.7 Å². The van der Waals surface area contributed by atoms with E-state index in [4.69, 9.17) is 19.2 Å². The van der Waals surface area contributed by atoms with E-state index in [1.54, 1.807) is 27.7 Å². The number of nitrogens with one attached hydrogen (secondary N) is 1. The van der Waals surface area contributed by atoms with Crippen molar-refractivity contribution in [1.29, 1.82) is 0 Å². The zero-order chi connectivity index (χ0) is 22.2. The Labute approximate surface area is 183 Å². The van der Waals surface area contributed by atoms with E-state index in [-0.39, 0.29) is 0 Å². The Morgan fingerprint density at radius 1 is 1.06 bits per heavy atom. The van der Waals surface area contributed by atoms with Crippen molar-refractivity contribution >= 4 is 5.96 Å². The molecule has 0 spiro atoms. The number of benzene rings is 1. The van der Waals surface area contributed by atoms with Crippen LogP contribution in [0.1, 0.15) is 18.3 Å². The van der Waals surface area contributed by atoms with E-state index in [2.05, 4.69) is 32.2 Å². The van der Waals surface area contributed by atoms with Gasteiger partial charge in [0.15, 0.2) is 23.3 Å². The van der Waals surface area contributed by atoms with Gasteiger partial charge in [0.25, 0.3) is 0 Å². The lowest BCUT2D eigenvalue weighted by Crippen LogP contribution is -2.52. The first kappa shape index (κ1) is 22.7. The summed E-state index contributed by atoms with van der Waals surface area (Å²) in [5, 5.41) is 11.4. The van der Waals surface area contributed by atoms with Crippen LogP contribution >= 0.6 is 0 Å². The lowest BCUT2D eigenvalue weighted by Gasteiger charge is -2.36. The van der Waals surface area contributed by atoms with Crippen molar-refractivity contribution in [3.63, 3.8) is 0 Å². The summed E-state index contributed by atoms with van der Waals surface area (Å²) in [4.78, 5) is 9.47. The second kappa shape index (κ2) is 10.9. The average Bonchev–Trinajstić information content (AvgIpc) is 3.21. The first-order chi connectivity index (χ1) is 15.1. The molecule has 1 aliphatic heterocycles. The summed E-state index contributed by atoms with van der Waals surface area (Å²) in [6, 6.07) is 4.03. The number of guanidine groups is 1. The summed E-state index contributed by atoms with van der Waals surface area (Å²) in [6.45, 7) is 7.89. The monoisotopic (exact) mass is 431 g/mol. The first-order valence-corrected chi connectivity index (χ1v) is 10.5. The fourth-order valence-corrected chi connectivity index (χ4v) is 3.62. The van der Waals surface area contributed by atoms with Gasteiger partial charge in [0.1, 0.15) is 12.9 Å². The topological polar surface area (TPSA) is 89.3 Å². The molecule has 1 aromatic carbocycles. The maximum absolute atomic E-state index is 5.48. The molecule has 170 valence electrons. The largest absolute Gasteiger partial charge is 0.493 e. The normalized spacial score (nSPS) is 15.1. The molecule has 2 heterocycles. The van der Waals surface area contributed by atoms with Gasteiger partial charge in [0, 0.05) is 46.3 Å². The molecule has 1 fully saturated rings. The number of aryl methyl sites for hydroxylation is 1. The van der Waals surface area contributed by atoms with Crippen molar-refractivity contribution in [2.24, 2.45) is 12.0 Å². The molecule has 0 atom stereocenters. The molecule has 0 saturated carbocycles. The third kappa shape index (κ3) is 5.57. The molecule has 1 saturated heterocycles. The number of piperazine rings is 1. The van der Waals surface area contributed by atoms with Gasteiger partial charge in [-0.2, -0.15) is 0 Å². The summed E-state index contributed by atoms with van der Waals surface area (Å²) < 4.78 is 18.3. The Bertz CT molecular complexity index is 851. The number of hydrogen-bond donors (Lipinski definition) is 1. The van der Waals surface area contributed by atoms with Crippen LogP contribution in [0.3, 0.4) is 0 Å². The van der Waals surface area contributed by atoms with Crippen molar-refractivity contribution in [1.82, 2.24) is 29.9 Å². The van der Waals surface area contributed by atoms with Gasteiger partial charge in [0.05, 0.1) is 21.3 Å². The number of aromatic nitrogens is 3. The van der Waals surface area contributed by atoms with Crippen LogP contribution in [0.5, 0.6) is 17.2 Å². The Balaban J connectivity index is 1.62. The maximum atomic E-state index is 5.48. The quantitative estimate of drug-likeness (QED) is 0.491. The van der Waals surface area contributed by atoms with E-state index >= 15 is 0 Å². The average molecular weight is 432 g/mol. The Morgan fingerprint density at radius 2 is 1.74 bits per heavy atom. The molecule has 10 heteroatoms. The second-order valence-corrected chi connectivity index (χ2v) is 7.33. The highest BCUT2D eigenvalue weighted by Gasteiger charge is 2.21. The van der Waals surface area contributed by atoms with E-state index in [9.17, 15) is 0 Å². The summed E-state index contributed by atoms with van der Waals surface area (Å²) in [5.41, 5.74) is 1.13. The van der Waals surface area contributed by atoms with Gasteiger partial charge >= 0.3 is 0 Å². The second-order valence-electron chi connectivity index (χ2n) is 7.33. The van der Waals surface area contributed by atoms with E-state index in [0.29, 0.717) is 23.8 Å². The van der Waals surface area contributed by atoms with E-state index < -0.39 is 0 Å². The molecular formula is C21H33N7O3. The number of nitrogens with zero attached hydrogens (tertiary/aromatic N) is 6. The molecule has 2 aromatic rings. The van der Waals surface area contributed by atoms with Crippen molar-refractivity contribution < 1.29 is 14.2 Å². The molecule has 0 radical (unpaired) electrons. The molecule has 10 nitrogen and oxygen atoms in total. The highest BCUT2D eigenvalue weighted by Crippen LogP contribution is 2.38. The summed E-state index contributed by atoms with van der Waals surface area (Å²) in [7, 11) is 6.83. The number of aliphatic imine (C=N–C) groups is 1. The zero-order valence-corrected chi connectivity index (χ0v) is 19.1. The lowest BCUT2D eigenvalue weighted by atomic mass is 10.1. The molecule has 0 amide bonds. The Hall–Kier alpha value is -3.01. The van der Waals surface area contributed by atoms with Crippen LogP contribution in [0.4, 0.5) is 0 Å². The Kier molecular flexibility index (Phi) is 7.94. The van der Waals surface area contributed by atoms with Gasteiger partial charge in [-0.1, -0.05) is 0 Å². The maximum Gasteiger partial charge on any atom is 0.203 e. The predicted octanol–water partition coefficient (Wildman–Crippen LogP) is 1.12. The van der Waals surface area contributed by atoms with Crippen LogP contribution in [0, 0.1) is 0 Å². The van der Waals surface area contributed by atoms with Gasteiger partial charge in [-0.15, -0.1) is 10.2 Å². The molecule has 0 aliphatic carbocycles. The lowest BCUT2D eigenvalue weighted by molar-refractivity contribution is 0.172. The zero-order valence-electron chi connectivity index (χ0n) is 19.1. The third-order valence-electron chi connectivity index (χ3n) is 5.31. The van der Waals surface area contributed by atoms with Gasteiger partial charge in [-0.3, -0.25) is 4.90 Å². The molecule has 0 bridgehead atoms. The molecule has 1 N–H and O–H groups in total. The Morgan fingerprint density at radius 3 is 2.26 bits per heavy atom. The fourth-order valence-electron chi connectivity index (χ4n) is 3.62. The number of rotatable bonds is 8. The predicted molar refractivity (Wildman–Crippen MR) is 119 cm³/mol. The van der Waals surface area contributed by atoms with Crippen LogP contribution in [0.25, 0.3) is 0 Å². The van der Waals surface area contributed by atoms with Crippen molar-refractivity contribution in [3.05, 3.63) is 29.8 Å². The highest BCUT2D eigenvalue weighted by atomic mass is 16.5. The third-order valence-corrected chi connectivity index (χ3v) is 5.31. The van der Waals surface area contributed by atoms with Crippen LogP contribution < -0.4 is 19.5 Å². The van der Waals surface area contributed by atoms with Crippen molar-refractivity contribution in [2.75, 3.05) is 54.1 Å². The highest BCUT2D eigenvalue weighted by molar-refractivity contribution is 5.80. The van der Waals surface area contributed by atoms with E-state index in [1.165, 1.54) is 0 Å². The first-order valence-electron chi connectivity index (χ1n) is 10.5. The van der Waals surface area contributed by atoms with Crippen LogP contribution in [-0.4, -0.2) is 84.6 Å². The summed E-state index contributed by atoms with van der Waals surface area (Å²) in [6.07, 6.45) is 1.69. The van der Waals surface area contributed by atoms with Gasteiger partial charge < -0.3 is 29.0 Å². The summed E-state index contributed by atoms with van der Waals surface area (Å²) >= 11 is 0. The number of methoxy groups -OCH3 is 3. The molecule has 1 aromatic heterocycles. The SMILES string of the molecule is CCNC(=NCc1nncn1C)N1CCN(Cc2cc(OC)c(OC)c(OC)c2)CC1. The number of ether oxygens (including phenoxy) is 3. The smallest absolute Gasteiger partial charge is 0.203 e. The molecule has 1 aliphatic rings. The van der Waals surface area contributed by atoms with Crippen molar-refractivity contribution in [2.45, 2.75) is 20.0 Å². The fraction of sp³-hybridized carbons (Fsp3) is 0.571. The minimum absolute atomic E-state index is 0.504. The molecule has 31 heavy (non-hydrogen) atoms. The minimum Gasteiger partial charge on any atom is -0.493 e. The summed E-state index contributed by atoms with van der Waals surface area (Å²) in [5.74, 6) is 3.74.